The first kappa shape index (κ1) is 23.1. The summed E-state index contributed by atoms with van der Waals surface area (Å²) in [5, 5.41) is 0. The molecule has 8 heteroatoms. The van der Waals surface area contributed by atoms with Crippen molar-refractivity contribution in [1.29, 1.82) is 0 Å². The van der Waals surface area contributed by atoms with E-state index < -0.39 is 15.8 Å². The Morgan fingerprint density at radius 2 is 1.68 bits per heavy atom. The van der Waals surface area contributed by atoms with E-state index in [4.69, 9.17) is 0 Å². The van der Waals surface area contributed by atoms with E-state index in [9.17, 15) is 17.6 Å². The second-order valence-electron chi connectivity index (χ2n) is 7.62. The van der Waals surface area contributed by atoms with Gasteiger partial charge in [-0.3, -0.25) is 9.69 Å². The lowest BCUT2D eigenvalue weighted by Crippen LogP contribution is -2.51. The Bertz CT molecular complexity index is 1000. The number of carbonyl (C=O) groups excluding carboxylic acids is 1. The van der Waals surface area contributed by atoms with Gasteiger partial charge in [0.15, 0.2) is 0 Å². The molecule has 1 heterocycles. The maximum absolute atomic E-state index is 14.0. The Morgan fingerprint density at radius 3 is 2.32 bits per heavy atom. The zero-order chi connectivity index (χ0) is 22.3. The van der Waals surface area contributed by atoms with Crippen molar-refractivity contribution in [3.8, 4) is 0 Å². The van der Waals surface area contributed by atoms with Crippen molar-refractivity contribution < 1.29 is 17.6 Å². The van der Waals surface area contributed by atoms with Crippen LogP contribution in [0.2, 0.25) is 0 Å². The third-order valence-corrected chi connectivity index (χ3v) is 6.48. The minimum Gasteiger partial charge on any atom is -0.339 e. The van der Waals surface area contributed by atoms with E-state index in [0.717, 1.165) is 35.8 Å². The molecule has 0 unspecified atom stereocenters. The second kappa shape index (κ2) is 10.7. The van der Waals surface area contributed by atoms with Gasteiger partial charge in [-0.25, -0.2) is 12.8 Å². The molecule has 0 bridgehead atoms. The molecule has 0 saturated carbocycles. The Hall–Kier alpha value is -2.55. The zero-order valence-corrected chi connectivity index (χ0v) is 18.5. The van der Waals surface area contributed by atoms with Gasteiger partial charge in [-0.2, -0.15) is 4.31 Å². The van der Waals surface area contributed by atoms with Crippen LogP contribution in [0.5, 0.6) is 0 Å². The standard InChI is InChI=1S/C23H28FN3O3S/c1-31(29,30)27(18-21-11-5-6-12-22(21)24)19-23(28)26-16-14-25(15-17-26)13-7-10-20-8-3-2-4-9-20/h2-12H,13-19H2,1H3/b10-7+. The number of benzene rings is 2. The van der Waals surface area contributed by atoms with Gasteiger partial charge in [0.1, 0.15) is 5.82 Å². The summed E-state index contributed by atoms with van der Waals surface area (Å²) in [4.78, 5) is 16.7. The van der Waals surface area contributed by atoms with Crippen LogP contribution in [0.25, 0.3) is 6.08 Å². The zero-order valence-electron chi connectivity index (χ0n) is 17.7. The van der Waals surface area contributed by atoms with Crippen LogP contribution in [0.1, 0.15) is 11.1 Å². The fourth-order valence-corrected chi connectivity index (χ4v) is 4.16. The Balaban J connectivity index is 1.51. The van der Waals surface area contributed by atoms with Crippen LogP contribution in [-0.4, -0.2) is 74.0 Å². The van der Waals surface area contributed by atoms with Gasteiger partial charge in [0.05, 0.1) is 12.8 Å². The number of nitrogens with zero attached hydrogens (tertiary/aromatic N) is 3. The molecule has 2 aromatic rings. The molecule has 3 rings (SSSR count). The van der Waals surface area contributed by atoms with E-state index in [1.165, 1.54) is 12.1 Å². The van der Waals surface area contributed by atoms with Crippen molar-refractivity contribution in [2.45, 2.75) is 6.54 Å². The number of sulfonamides is 1. The molecule has 0 aliphatic carbocycles. The molecule has 2 aromatic carbocycles. The summed E-state index contributed by atoms with van der Waals surface area (Å²) in [5.74, 6) is -0.748. The largest absolute Gasteiger partial charge is 0.339 e. The first-order valence-electron chi connectivity index (χ1n) is 10.2. The molecule has 1 aliphatic heterocycles. The molecular formula is C23H28FN3O3S. The van der Waals surface area contributed by atoms with E-state index in [1.54, 1.807) is 17.0 Å². The summed E-state index contributed by atoms with van der Waals surface area (Å²) in [7, 11) is -3.66. The molecule has 0 atom stereocenters. The van der Waals surface area contributed by atoms with Crippen LogP contribution in [0, 0.1) is 5.82 Å². The summed E-state index contributed by atoms with van der Waals surface area (Å²) >= 11 is 0. The number of hydrogen-bond acceptors (Lipinski definition) is 4. The van der Waals surface area contributed by atoms with Crippen molar-refractivity contribution in [3.63, 3.8) is 0 Å². The van der Waals surface area contributed by atoms with Gasteiger partial charge in [-0.1, -0.05) is 60.7 Å². The molecule has 1 aliphatic rings. The highest BCUT2D eigenvalue weighted by molar-refractivity contribution is 7.88. The molecule has 0 aromatic heterocycles. The number of piperazine rings is 1. The molecule has 0 N–H and O–H groups in total. The van der Waals surface area contributed by atoms with Gasteiger partial charge in [0.2, 0.25) is 15.9 Å². The first-order valence-corrected chi connectivity index (χ1v) is 12.1. The third kappa shape index (κ3) is 6.99. The van der Waals surface area contributed by atoms with Crippen molar-refractivity contribution in [2.75, 3.05) is 45.5 Å². The monoisotopic (exact) mass is 445 g/mol. The van der Waals surface area contributed by atoms with Crippen LogP contribution in [0.3, 0.4) is 0 Å². The highest BCUT2D eigenvalue weighted by atomic mass is 32.2. The van der Waals surface area contributed by atoms with Gasteiger partial charge >= 0.3 is 0 Å². The van der Waals surface area contributed by atoms with E-state index in [-0.39, 0.29) is 24.6 Å². The Labute approximate surface area is 183 Å². The quantitative estimate of drug-likeness (QED) is 0.626. The topological polar surface area (TPSA) is 60.9 Å². The summed E-state index contributed by atoms with van der Waals surface area (Å²) in [6, 6.07) is 16.1. The molecule has 1 saturated heterocycles. The minimum absolute atomic E-state index is 0.165. The van der Waals surface area contributed by atoms with E-state index in [2.05, 4.69) is 17.1 Å². The SMILES string of the molecule is CS(=O)(=O)N(CC(=O)N1CCN(C/C=C/c2ccccc2)CC1)Cc1ccccc1F. The third-order valence-electron chi connectivity index (χ3n) is 5.28. The Kier molecular flexibility index (Phi) is 7.95. The maximum atomic E-state index is 14.0. The maximum Gasteiger partial charge on any atom is 0.237 e. The van der Waals surface area contributed by atoms with Gasteiger partial charge in [-0.15, -0.1) is 0 Å². The van der Waals surface area contributed by atoms with Crippen molar-refractivity contribution >= 4 is 22.0 Å². The number of hydrogen-bond donors (Lipinski definition) is 0. The van der Waals surface area contributed by atoms with Crippen LogP contribution in [-0.2, 0) is 21.4 Å². The predicted molar refractivity (Wildman–Crippen MR) is 120 cm³/mol. The highest BCUT2D eigenvalue weighted by Gasteiger charge is 2.26. The average Bonchev–Trinajstić information content (AvgIpc) is 2.75. The predicted octanol–water partition coefficient (Wildman–Crippen LogP) is 2.44. The minimum atomic E-state index is -3.66. The number of amides is 1. The molecular weight excluding hydrogens is 417 g/mol. The van der Waals surface area contributed by atoms with E-state index >= 15 is 0 Å². The van der Waals surface area contributed by atoms with Crippen LogP contribution in [0.15, 0.2) is 60.7 Å². The fourth-order valence-electron chi connectivity index (χ4n) is 3.44. The number of carbonyl (C=O) groups is 1. The first-order chi connectivity index (χ1) is 14.8. The second-order valence-corrected chi connectivity index (χ2v) is 9.60. The summed E-state index contributed by atoms with van der Waals surface area (Å²) in [5.41, 5.74) is 1.39. The smallest absolute Gasteiger partial charge is 0.237 e. The van der Waals surface area contributed by atoms with Gasteiger partial charge in [-0.05, 0) is 11.6 Å². The molecule has 6 nitrogen and oxygen atoms in total. The van der Waals surface area contributed by atoms with Gasteiger partial charge in [0.25, 0.3) is 0 Å². The molecule has 1 fully saturated rings. The van der Waals surface area contributed by atoms with E-state index in [0.29, 0.717) is 13.1 Å². The molecule has 0 radical (unpaired) electrons. The van der Waals surface area contributed by atoms with Gasteiger partial charge in [0, 0.05) is 44.8 Å². The summed E-state index contributed by atoms with van der Waals surface area (Å²) < 4.78 is 39.3. The molecule has 166 valence electrons. The Morgan fingerprint density at radius 1 is 1.03 bits per heavy atom. The lowest BCUT2D eigenvalue weighted by molar-refractivity contribution is -0.133. The lowest BCUT2D eigenvalue weighted by Gasteiger charge is -2.35. The van der Waals surface area contributed by atoms with Crippen molar-refractivity contribution in [1.82, 2.24) is 14.1 Å². The summed E-state index contributed by atoms with van der Waals surface area (Å²) in [6.45, 7) is 2.85. The number of rotatable bonds is 8. The molecule has 1 amide bonds. The van der Waals surface area contributed by atoms with Crippen LogP contribution in [0.4, 0.5) is 4.39 Å². The van der Waals surface area contributed by atoms with Crippen LogP contribution >= 0.6 is 0 Å². The van der Waals surface area contributed by atoms with E-state index in [1.807, 2.05) is 30.3 Å². The van der Waals surface area contributed by atoms with Crippen LogP contribution < -0.4 is 0 Å². The van der Waals surface area contributed by atoms with Crippen molar-refractivity contribution in [2.24, 2.45) is 0 Å². The highest BCUT2D eigenvalue weighted by Crippen LogP contribution is 2.13. The van der Waals surface area contributed by atoms with Gasteiger partial charge < -0.3 is 4.90 Å². The molecule has 31 heavy (non-hydrogen) atoms. The lowest BCUT2D eigenvalue weighted by atomic mass is 10.2. The number of halogens is 1. The summed E-state index contributed by atoms with van der Waals surface area (Å²) in [6.07, 6.45) is 5.22. The average molecular weight is 446 g/mol. The normalized spacial score (nSPS) is 15.6. The van der Waals surface area contributed by atoms with Crippen molar-refractivity contribution in [3.05, 3.63) is 77.6 Å². The fraction of sp³-hybridized carbons (Fsp3) is 0.348. The molecule has 0 spiro atoms.